The van der Waals surface area contributed by atoms with Crippen LogP contribution in [-0.2, 0) is 22.4 Å². The van der Waals surface area contributed by atoms with E-state index < -0.39 is 23.9 Å². The number of nitrogens with zero attached hydrogens (tertiary/aromatic N) is 5. The predicted molar refractivity (Wildman–Crippen MR) is 167 cm³/mol. The first-order chi connectivity index (χ1) is 24.1. The van der Waals surface area contributed by atoms with Crippen LogP contribution in [0.2, 0.25) is 5.02 Å². The molecule has 3 amide bonds. The van der Waals surface area contributed by atoms with Crippen molar-refractivity contribution in [3.8, 4) is 0 Å². The van der Waals surface area contributed by atoms with E-state index in [4.69, 9.17) is 16.1 Å². The van der Waals surface area contributed by atoms with Crippen LogP contribution in [-0.4, -0.2) is 80.0 Å². The Balaban J connectivity index is 0.000000362. The molecule has 1 fully saturated rings. The highest BCUT2D eigenvalue weighted by molar-refractivity contribution is 6.41. The van der Waals surface area contributed by atoms with E-state index in [0.29, 0.717) is 54.8 Å². The molecule has 3 aromatic heterocycles. The minimum atomic E-state index is -5.77. The maximum atomic E-state index is 12.9. The Hall–Kier alpha value is -5.79. The summed E-state index contributed by atoms with van der Waals surface area (Å²) >= 11 is 6.35. The number of aromatic nitrogens is 4. The number of alkyl halides is 6. The monoisotopic (exact) mass is 739 g/mol. The fourth-order valence-corrected chi connectivity index (χ4v) is 5.04. The van der Waals surface area contributed by atoms with Crippen molar-refractivity contribution in [3.63, 3.8) is 0 Å². The SMILES string of the molecule is O=C(C(=O)C(F)(F)F)C(F)(F)F.O=C(Nc1ccc2cc1CCc1cncc(c1)Nc1ncc(Cl)c(n1)N2)N[C@H]1CCN(C(=O)c2ccno2)C1. The number of nitrogens with one attached hydrogen (secondary N) is 4. The van der Waals surface area contributed by atoms with E-state index in [0.717, 1.165) is 22.5 Å². The molecule has 0 radical (unpaired) electrons. The molecule has 0 saturated carbocycles. The van der Waals surface area contributed by atoms with Crippen LogP contribution < -0.4 is 21.3 Å². The van der Waals surface area contributed by atoms with Gasteiger partial charge in [-0.05, 0) is 54.7 Å². The molecule has 6 rings (SSSR count). The second-order valence-corrected chi connectivity index (χ2v) is 11.4. The van der Waals surface area contributed by atoms with Gasteiger partial charge < -0.3 is 30.7 Å². The molecule has 0 aliphatic carbocycles. The number of carbonyl (C=O) groups is 4. The van der Waals surface area contributed by atoms with Gasteiger partial charge in [0.05, 0.1) is 24.3 Å². The first kappa shape index (κ1) is 36.5. The summed E-state index contributed by atoms with van der Waals surface area (Å²) in [5, 5.41) is 16.3. The van der Waals surface area contributed by atoms with Crippen LogP contribution in [0.25, 0.3) is 0 Å². The van der Waals surface area contributed by atoms with Crippen molar-refractivity contribution in [3.05, 3.63) is 77.0 Å². The third kappa shape index (κ3) is 9.47. The minimum Gasteiger partial charge on any atom is -0.351 e. The van der Waals surface area contributed by atoms with E-state index in [-0.39, 0.29) is 23.7 Å². The van der Waals surface area contributed by atoms with Crippen LogP contribution in [0.3, 0.4) is 0 Å². The average molecular weight is 740 g/mol. The number of rotatable bonds is 4. The number of ketones is 2. The van der Waals surface area contributed by atoms with Crippen molar-refractivity contribution in [2.75, 3.05) is 29.0 Å². The van der Waals surface area contributed by atoms with Gasteiger partial charge in [0.2, 0.25) is 11.7 Å². The lowest BCUT2D eigenvalue weighted by molar-refractivity contribution is -0.193. The van der Waals surface area contributed by atoms with Crippen LogP contribution in [0, 0.1) is 0 Å². The number of anilines is 5. The molecule has 14 nitrogen and oxygen atoms in total. The van der Waals surface area contributed by atoms with Crippen LogP contribution >= 0.6 is 11.6 Å². The molecular formula is C30H24ClF6N9O5. The number of hydrogen-bond donors (Lipinski definition) is 4. The zero-order valence-corrected chi connectivity index (χ0v) is 26.5. The van der Waals surface area contributed by atoms with Gasteiger partial charge in [0, 0.05) is 42.8 Å². The van der Waals surface area contributed by atoms with Gasteiger partial charge in [0.1, 0.15) is 5.02 Å². The Morgan fingerprint density at radius 1 is 0.922 bits per heavy atom. The molecule has 0 unspecified atom stereocenters. The normalized spacial score (nSPS) is 15.4. The van der Waals surface area contributed by atoms with Crippen molar-refractivity contribution in [2.45, 2.75) is 37.7 Å². The third-order valence-electron chi connectivity index (χ3n) is 7.27. The topological polar surface area (TPSA) is 184 Å². The lowest BCUT2D eigenvalue weighted by Gasteiger charge is -2.18. The van der Waals surface area contributed by atoms with Crippen LogP contribution in [0.5, 0.6) is 0 Å². The fraction of sp³-hybridized carbons (Fsp3) is 0.267. The lowest BCUT2D eigenvalue weighted by atomic mass is 10.0. The number of fused-ring (bicyclic) bond motifs is 6. The number of Topliss-reactive ketones (excluding diaryl/α,β-unsaturated/α-hetero) is 2. The van der Waals surface area contributed by atoms with Crippen molar-refractivity contribution in [1.82, 2.24) is 30.3 Å². The zero-order chi connectivity index (χ0) is 36.9. The fourth-order valence-electron chi connectivity index (χ4n) is 4.90. The van der Waals surface area contributed by atoms with E-state index in [2.05, 4.69) is 41.4 Å². The number of benzene rings is 1. The summed E-state index contributed by atoms with van der Waals surface area (Å²) in [6.45, 7) is 0.910. The summed E-state index contributed by atoms with van der Waals surface area (Å²) in [7, 11) is 0. The number of aryl methyl sites for hydroxylation is 2. The van der Waals surface area contributed by atoms with Gasteiger partial charge in [-0.3, -0.25) is 19.4 Å². The van der Waals surface area contributed by atoms with E-state index in [9.17, 15) is 45.5 Å². The number of likely N-dealkylation sites (tertiary alicyclic amines) is 1. The summed E-state index contributed by atoms with van der Waals surface area (Å²) in [5.74, 6) is -6.03. The number of hydrogen-bond acceptors (Lipinski definition) is 11. The highest BCUT2D eigenvalue weighted by Gasteiger charge is 2.54. The maximum absolute atomic E-state index is 12.9. The molecule has 21 heteroatoms. The number of halogens is 7. The molecule has 2 aliphatic rings. The first-order valence-electron chi connectivity index (χ1n) is 14.7. The van der Waals surface area contributed by atoms with Crippen LogP contribution in [0.4, 0.5) is 60.0 Å². The molecule has 1 aromatic carbocycles. The average Bonchev–Trinajstić information content (AvgIpc) is 3.78. The Morgan fingerprint density at radius 3 is 2.35 bits per heavy atom. The molecule has 5 heterocycles. The molecule has 4 N–H and O–H groups in total. The van der Waals surface area contributed by atoms with Crippen LogP contribution in [0.15, 0.2) is 59.6 Å². The second kappa shape index (κ2) is 15.0. The van der Waals surface area contributed by atoms with Gasteiger partial charge in [-0.2, -0.15) is 31.3 Å². The maximum Gasteiger partial charge on any atom is 0.458 e. The number of carbonyl (C=O) groups excluding carboxylic acids is 4. The summed E-state index contributed by atoms with van der Waals surface area (Å²) in [6.07, 6.45) is -3.08. The highest BCUT2D eigenvalue weighted by atomic mass is 35.5. The molecular weight excluding hydrogens is 716 g/mol. The summed E-state index contributed by atoms with van der Waals surface area (Å²) in [5.41, 5.74) is 4.15. The first-order valence-corrected chi connectivity index (χ1v) is 15.1. The Bertz CT molecular complexity index is 1920. The summed E-state index contributed by atoms with van der Waals surface area (Å²) < 4.78 is 71.9. The van der Waals surface area contributed by atoms with Gasteiger partial charge in [-0.25, -0.2) is 9.78 Å². The van der Waals surface area contributed by atoms with Gasteiger partial charge in [0.15, 0.2) is 5.82 Å². The molecule has 2 aliphatic heterocycles. The highest BCUT2D eigenvalue weighted by Crippen LogP contribution is 2.30. The molecule has 268 valence electrons. The Kier molecular flexibility index (Phi) is 10.7. The zero-order valence-electron chi connectivity index (χ0n) is 25.7. The van der Waals surface area contributed by atoms with E-state index in [1.54, 1.807) is 11.1 Å². The Labute approximate surface area is 288 Å². The van der Waals surface area contributed by atoms with Gasteiger partial charge >= 0.3 is 30.0 Å². The molecule has 51 heavy (non-hydrogen) atoms. The summed E-state index contributed by atoms with van der Waals surface area (Å²) in [6, 6.07) is 8.65. The third-order valence-corrected chi connectivity index (χ3v) is 7.55. The van der Waals surface area contributed by atoms with Gasteiger partial charge in [-0.15, -0.1) is 0 Å². The van der Waals surface area contributed by atoms with Crippen molar-refractivity contribution in [1.29, 1.82) is 0 Å². The summed E-state index contributed by atoms with van der Waals surface area (Å²) in [4.78, 5) is 59.4. The van der Waals surface area contributed by atoms with Crippen molar-refractivity contribution in [2.24, 2.45) is 0 Å². The van der Waals surface area contributed by atoms with Gasteiger partial charge in [0.25, 0.3) is 5.91 Å². The van der Waals surface area contributed by atoms with E-state index in [1.165, 1.54) is 18.5 Å². The molecule has 1 saturated heterocycles. The minimum absolute atomic E-state index is 0.182. The largest absolute Gasteiger partial charge is 0.458 e. The lowest BCUT2D eigenvalue weighted by Crippen LogP contribution is -2.40. The number of urea groups is 1. The Morgan fingerprint density at radius 2 is 1.67 bits per heavy atom. The predicted octanol–water partition coefficient (Wildman–Crippen LogP) is 5.38. The van der Waals surface area contributed by atoms with Gasteiger partial charge in [-0.1, -0.05) is 16.8 Å². The second-order valence-electron chi connectivity index (χ2n) is 11.0. The quantitative estimate of drug-likeness (QED) is 0.156. The number of amides is 3. The molecule has 4 aromatic rings. The van der Waals surface area contributed by atoms with E-state index >= 15 is 0 Å². The smallest absolute Gasteiger partial charge is 0.351 e. The molecule has 1 atom stereocenters. The van der Waals surface area contributed by atoms with Crippen molar-refractivity contribution >= 4 is 63.9 Å². The number of pyridine rings is 1. The molecule has 6 bridgehead atoms. The molecule has 0 spiro atoms. The van der Waals surface area contributed by atoms with Crippen molar-refractivity contribution < 1.29 is 50.0 Å². The van der Waals surface area contributed by atoms with Crippen LogP contribution in [0.1, 0.15) is 28.1 Å². The van der Waals surface area contributed by atoms with E-state index in [1.807, 2.05) is 30.5 Å². The standard InChI is InChI=1S/C26H24ClN9O3.C4F6O2/c27-20-13-29-25-32-19-9-15(11-28-12-19)1-2-16-10-17(31-23(20)35-25)3-4-21(16)34-26(38)33-18-6-8-36(14-18)24(37)22-5-7-30-39-22;5-3(6,7)1(11)2(12)4(8,9)10/h3-5,7,9-13,18H,1-2,6,8,14H2,(H2,33,34,38)(H2,29,31,32,35);/t18-;/m0./s1.